The van der Waals surface area contributed by atoms with Crippen molar-refractivity contribution in [2.24, 2.45) is 11.8 Å². The van der Waals surface area contributed by atoms with Gasteiger partial charge in [-0.05, 0) is 25.3 Å². The standard InChI is InChI=1S/C10H15FN2O/c11-9-2-8(9)10(14)13-5-6-1-7(13)4-12-3-6/h6-9,12H,1-5H2/t6-,7?,8-,9-/m1/s1. The zero-order chi connectivity index (χ0) is 9.71. The fourth-order valence-corrected chi connectivity index (χ4v) is 2.71. The van der Waals surface area contributed by atoms with Crippen molar-refractivity contribution in [1.29, 1.82) is 0 Å². The Morgan fingerprint density at radius 3 is 2.79 bits per heavy atom. The number of hydrogen-bond acceptors (Lipinski definition) is 2. The maximum atomic E-state index is 12.8. The van der Waals surface area contributed by atoms with Gasteiger partial charge in [-0.15, -0.1) is 0 Å². The second-order valence-electron chi connectivity index (χ2n) is 4.76. The van der Waals surface area contributed by atoms with Crippen molar-refractivity contribution in [3.05, 3.63) is 0 Å². The molecule has 2 bridgehead atoms. The van der Waals surface area contributed by atoms with Crippen LogP contribution in [0.15, 0.2) is 0 Å². The maximum Gasteiger partial charge on any atom is 0.229 e. The molecular weight excluding hydrogens is 183 g/mol. The molecule has 0 radical (unpaired) electrons. The van der Waals surface area contributed by atoms with E-state index in [1.54, 1.807) is 0 Å². The van der Waals surface area contributed by atoms with Crippen LogP contribution >= 0.6 is 0 Å². The third-order valence-corrected chi connectivity index (χ3v) is 3.63. The zero-order valence-corrected chi connectivity index (χ0v) is 8.08. The second kappa shape index (κ2) is 2.92. The van der Waals surface area contributed by atoms with E-state index in [9.17, 15) is 9.18 Å². The molecule has 1 unspecified atom stereocenters. The normalized spacial score (nSPS) is 45.4. The van der Waals surface area contributed by atoms with Crippen LogP contribution in [0.2, 0.25) is 0 Å². The van der Waals surface area contributed by atoms with Crippen molar-refractivity contribution >= 4 is 5.91 Å². The monoisotopic (exact) mass is 198 g/mol. The number of rotatable bonds is 1. The first-order chi connectivity index (χ1) is 6.75. The Labute approximate surface area is 82.6 Å². The Morgan fingerprint density at radius 1 is 1.36 bits per heavy atom. The Bertz CT molecular complexity index is 271. The quantitative estimate of drug-likeness (QED) is 0.651. The van der Waals surface area contributed by atoms with Gasteiger partial charge in [-0.25, -0.2) is 4.39 Å². The molecule has 0 aromatic heterocycles. The Kier molecular flexibility index (Phi) is 1.81. The van der Waals surface area contributed by atoms with Gasteiger partial charge in [0.15, 0.2) is 0 Å². The van der Waals surface area contributed by atoms with Gasteiger partial charge >= 0.3 is 0 Å². The zero-order valence-electron chi connectivity index (χ0n) is 8.08. The molecule has 3 fully saturated rings. The molecule has 1 N–H and O–H groups in total. The molecule has 14 heavy (non-hydrogen) atoms. The smallest absolute Gasteiger partial charge is 0.229 e. The fourth-order valence-electron chi connectivity index (χ4n) is 2.71. The average Bonchev–Trinajstić information content (AvgIpc) is 2.84. The number of hydrogen-bond donors (Lipinski definition) is 1. The lowest BCUT2D eigenvalue weighted by atomic mass is 10.0. The Balaban J connectivity index is 1.70. The summed E-state index contributed by atoms with van der Waals surface area (Å²) >= 11 is 0. The first-order valence-corrected chi connectivity index (χ1v) is 5.41. The third kappa shape index (κ3) is 1.24. The minimum absolute atomic E-state index is 0.0636. The third-order valence-electron chi connectivity index (χ3n) is 3.63. The lowest BCUT2D eigenvalue weighted by Crippen LogP contribution is -2.42. The van der Waals surface area contributed by atoms with Gasteiger partial charge in [-0.1, -0.05) is 0 Å². The predicted molar refractivity (Wildman–Crippen MR) is 49.5 cm³/mol. The van der Waals surface area contributed by atoms with Gasteiger partial charge in [0.2, 0.25) is 5.91 Å². The number of piperidine rings is 1. The van der Waals surface area contributed by atoms with Gasteiger partial charge in [0, 0.05) is 19.1 Å². The molecule has 2 aliphatic heterocycles. The summed E-state index contributed by atoms with van der Waals surface area (Å²) in [5, 5.41) is 3.31. The van der Waals surface area contributed by atoms with Crippen molar-refractivity contribution in [1.82, 2.24) is 10.2 Å². The number of likely N-dealkylation sites (tertiary alicyclic amines) is 1. The van der Waals surface area contributed by atoms with Crippen LogP contribution in [0.25, 0.3) is 0 Å². The highest BCUT2D eigenvalue weighted by atomic mass is 19.1. The Hall–Kier alpha value is -0.640. The lowest BCUT2D eigenvalue weighted by molar-refractivity contribution is -0.133. The predicted octanol–water partition coefficient (Wildman–Crippen LogP) is 0.165. The van der Waals surface area contributed by atoms with E-state index in [2.05, 4.69) is 5.32 Å². The fraction of sp³-hybridized carbons (Fsp3) is 0.900. The summed E-state index contributed by atoms with van der Waals surface area (Å²) in [6, 6.07) is 0.342. The highest BCUT2D eigenvalue weighted by Crippen LogP contribution is 2.38. The van der Waals surface area contributed by atoms with Gasteiger partial charge < -0.3 is 10.2 Å². The van der Waals surface area contributed by atoms with Crippen molar-refractivity contribution in [3.63, 3.8) is 0 Å². The summed E-state index contributed by atoms with van der Waals surface area (Å²) < 4.78 is 12.8. The molecule has 1 amide bonds. The van der Waals surface area contributed by atoms with E-state index in [0.717, 1.165) is 26.1 Å². The van der Waals surface area contributed by atoms with E-state index in [1.165, 1.54) is 0 Å². The van der Waals surface area contributed by atoms with Gasteiger partial charge in [-0.3, -0.25) is 4.79 Å². The molecule has 2 saturated heterocycles. The summed E-state index contributed by atoms with van der Waals surface area (Å²) in [7, 11) is 0. The number of alkyl halides is 1. The molecule has 0 aromatic rings. The van der Waals surface area contributed by atoms with E-state index >= 15 is 0 Å². The number of fused-ring (bicyclic) bond motifs is 2. The van der Waals surface area contributed by atoms with Gasteiger partial charge in [-0.2, -0.15) is 0 Å². The first-order valence-electron chi connectivity index (χ1n) is 5.41. The van der Waals surface area contributed by atoms with Crippen LogP contribution in [-0.2, 0) is 4.79 Å². The number of carbonyl (C=O) groups excluding carboxylic acids is 1. The number of nitrogens with one attached hydrogen (secondary N) is 1. The molecule has 1 aliphatic carbocycles. The molecule has 78 valence electrons. The van der Waals surface area contributed by atoms with E-state index in [0.29, 0.717) is 18.4 Å². The van der Waals surface area contributed by atoms with Crippen molar-refractivity contribution in [2.75, 3.05) is 19.6 Å². The van der Waals surface area contributed by atoms with Crippen LogP contribution in [0.3, 0.4) is 0 Å². The van der Waals surface area contributed by atoms with Gasteiger partial charge in [0.05, 0.1) is 5.92 Å². The highest BCUT2D eigenvalue weighted by molar-refractivity contribution is 5.82. The minimum atomic E-state index is -0.851. The molecule has 0 spiro atoms. The van der Waals surface area contributed by atoms with Crippen LogP contribution in [0.1, 0.15) is 12.8 Å². The van der Waals surface area contributed by atoms with Gasteiger partial charge in [0.25, 0.3) is 0 Å². The lowest BCUT2D eigenvalue weighted by Gasteiger charge is -2.24. The van der Waals surface area contributed by atoms with Crippen LogP contribution < -0.4 is 5.32 Å². The van der Waals surface area contributed by atoms with Crippen molar-refractivity contribution in [3.8, 4) is 0 Å². The molecule has 3 rings (SSSR count). The summed E-state index contributed by atoms with van der Waals surface area (Å²) in [5.41, 5.74) is 0. The summed E-state index contributed by atoms with van der Waals surface area (Å²) in [6.07, 6.45) is 0.721. The van der Waals surface area contributed by atoms with Crippen LogP contribution in [0.5, 0.6) is 0 Å². The molecule has 1 saturated carbocycles. The van der Waals surface area contributed by atoms with Crippen LogP contribution in [0, 0.1) is 11.8 Å². The van der Waals surface area contributed by atoms with E-state index in [1.807, 2.05) is 4.90 Å². The number of amides is 1. The number of halogens is 1. The largest absolute Gasteiger partial charge is 0.338 e. The summed E-state index contributed by atoms with van der Waals surface area (Å²) in [4.78, 5) is 13.7. The second-order valence-corrected chi connectivity index (χ2v) is 4.76. The van der Waals surface area contributed by atoms with Crippen LogP contribution in [0.4, 0.5) is 4.39 Å². The van der Waals surface area contributed by atoms with E-state index < -0.39 is 6.17 Å². The van der Waals surface area contributed by atoms with E-state index in [-0.39, 0.29) is 11.8 Å². The molecule has 4 atom stereocenters. The molecule has 4 heteroatoms. The Morgan fingerprint density at radius 2 is 2.14 bits per heavy atom. The van der Waals surface area contributed by atoms with E-state index in [4.69, 9.17) is 0 Å². The first kappa shape index (κ1) is 8.65. The van der Waals surface area contributed by atoms with Crippen molar-refractivity contribution < 1.29 is 9.18 Å². The molecule has 3 aliphatic rings. The average molecular weight is 198 g/mol. The SMILES string of the molecule is O=C([C@@H]1C[C@H]1F)N1C[C@H]2CNCC1C2. The molecule has 3 nitrogen and oxygen atoms in total. The maximum absolute atomic E-state index is 12.8. The molecular formula is C10H15FN2O. The molecule has 0 aromatic carbocycles. The summed E-state index contributed by atoms with van der Waals surface area (Å²) in [6.45, 7) is 2.76. The summed E-state index contributed by atoms with van der Waals surface area (Å²) in [5.74, 6) is 0.373. The van der Waals surface area contributed by atoms with Crippen molar-refractivity contribution in [2.45, 2.75) is 25.1 Å². The number of nitrogens with zero attached hydrogens (tertiary/aromatic N) is 1. The van der Waals surface area contributed by atoms with Gasteiger partial charge in [0.1, 0.15) is 6.17 Å². The minimum Gasteiger partial charge on any atom is -0.338 e. The number of carbonyl (C=O) groups is 1. The molecule has 2 heterocycles. The highest BCUT2D eigenvalue weighted by Gasteiger charge is 2.49. The van der Waals surface area contributed by atoms with Crippen LogP contribution in [-0.4, -0.2) is 42.7 Å². The topological polar surface area (TPSA) is 32.3 Å².